The van der Waals surface area contributed by atoms with Crippen molar-refractivity contribution in [1.82, 2.24) is 4.90 Å². The Kier molecular flexibility index (Phi) is 9.94. The molecule has 0 unspecified atom stereocenters. The first-order valence-corrected chi connectivity index (χ1v) is 5.65. The van der Waals surface area contributed by atoms with E-state index in [1.54, 1.807) is 0 Å². The molecule has 0 N–H and O–H groups in total. The van der Waals surface area contributed by atoms with Crippen LogP contribution in [0, 0.1) is 0 Å². The summed E-state index contributed by atoms with van der Waals surface area (Å²) in [6, 6.07) is 0. The first kappa shape index (κ1) is 12.9. The normalized spacial score (nSPS) is 16.6. The van der Waals surface area contributed by atoms with Crippen LogP contribution in [0.3, 0.4) is 0 Å². The van der Waals surface area contributed by atoms with Gasteiger partial charge in [0.05, 0.1) is 0 Å². The van der Waals surface area contributed by atoms with Crippen LogP contribution in [0.25, 0.3) is 0 Å². The van der Waals surface area contributed by atoms with Crippen LogP contribution in [0.15, 0.2) is 0 Å². The Morgan fingerprint density at radius 2 is 1.31 bits per heavy atom. The molecule has 1 rings (SSSR count). The third-order valence-electron chi connectivity index (χ3n) is 2.42. The predicted molar refractivity (Wildman–Crippen MR) is 58.1 cm³/mol. The largest absolute Gasteiger partial charge is 0.381 e. The quantitative estimate of drug-likeness (QED) is 0.673. The van der Waals surface area contributed by atoms with E-state index in [0.717, 1.165) is 13.2 Å². The molecule has 2 heteroatoms. The van der Waals surface area contributed by atoms with E-state index in [-0.39, 0.29) is 0 Å². The van der Waals surface area contributed by atoms with Gasteiger partial charge in [-0.15, -0.1) is 0 Å². The highest BCUT2D eigenvalue weighted by atomic mass is 16.5. The van der Waals surface area contributed by atoms with Gasteiger partial charge in [0.2, 0.25) is 0 Å². The molecule has 0 aromatic heterocycles. The lowest BCUT2D eigenvalue weighted by Crippen LogP contribution is -2.21. The molecule has 0 bridgehead atoms. The van der Waals surface area contributed by atoms with Crippen molar-refractivity contribution < 1.29 is 4.74 Å². The SMILES string of the molecule is C1CCOCC1.CCN(CC)CC. The van der Waals surface area contributed by atoms with Crippen molar-refractivity contribution in [3.8, 4) is 0 Å². The van der Waals surface area contributed by atoms with Gasteiger partial charge >= 0.3 is 0 Å². The summed E-state index contributed by atoms with van der Waals surface area (Å²) >= 11 is 0. The van der Waals surface area contributed by atoms with Gasteiger partial charge in [-0.3, -0.25) is 0 Å². The summed E-state index contributed by atoms with van der Waals surface area (Å²) in [5.41, 5.74) is 0. The van der Waals surface area contributed by atoms with Crippen LogP contribution in [0.1, 0.15) is 40.0 Å². The van der Waals surface area contributed by atoms with Gasteiger partial charge in [0.25, 0.3) is 0 Å². The lowest BCUT2D eigenvalue weighted by Gasteiger charge is -2.13. The molecule has 2 nitrogen and oxygen atoms in total. The fraction of sp³-hybridized carbons (Fsp3) is 1.00. The lowest BCUT2D eigenvalue weighted by molar-refractivity contribution is 0.0968. The molecule has 0 spiro atoms. The van der Waals surface area contributed by atoms with Gasteiger partial charge in [-0.2, -0.15) is 0 Å². The number of hydrogen-bond acceptors (Lipinski definition) is 2. The van der Waals surface area contributed by atoms with Crippen molar-refractivity contribution in [1.29, 1.82) is 0 Å². The van der Waals surface area contributed by atoms with Gasteiger partial charge in [-0.25, -0.2) is 0 Å². The zero-order valence-electron chi connectivity index (χ0n) is 9.51. The van der Waals surface area contributed by atoms with Crippen molar-refractivity contribution in [3.63, 3.8) is 0 Å². The summed E-state index contributed by atoms with van der Waals surface area (Å²) in [5.74, 6) is 0. The lowest BCUT2D eigenvalue weighted by atomic mass is 10.2. The second-order valence-electron chi connectivity index (χ2n) is 3.29. The third kappa shape index (κ3) is 8.26. The maximum absolute atomic E-state index is 5.07. The van der Waals surface area contributed by atoms with E-state index in [0.29, 0.717) is 0 Å². The fourth-order valence-corrected chi connectivity index (χ4v) is 1.36. The van der Waals surface area contributed by atoms with Gasteiger partial charge in [-0.05, 0) is 38.9 Å². The average molecular weight is 187 g/mol. The van der Waals surface area contributed by atoms with Crippen LogP contribution in [-0.2, 0) is 4.74 Å². The monoisotopic (exact) mass is 187 g/mol. The molecular weight excluding hydrogens is 162 g/mol. The maximum atomic E-state index is 5.07. The van der Waals surface area contributed by atoms with E-state index in [1.807, 2.05) is 0 Å². The van der Waals surface area contributed by atoms with Crippen LogP contribution >= 0.6 is 0 Å². The molecule has 0 aromatic rings. The number of rotatable bonds is 3. The van der Waals surface area contributed by atoms with Gasteiger partial charge in [0.1, 0.15) is 0 Å². The van der Waals surface area contributed by atoms with Gasteiger partial charge < -0.3 is 9.64 Å². The first-order chi connectivity index (χ1) is 6.35. The number of ether oxygens (including phenoxy) is 1. The minimum absolute atomic E-state index is 1.00. The smallest absolute Gasteiger partial charge is 0.0466 e. The zero-order valence-corrected chi connectivity index (χ0v) is 9.51. The van der Waals surface area contributed by atoms with E-state index < -0.39 is 0 Å². The molecular formula is C11H25NO. The van der Waals surface area contributed by atoms with E-state index in [1.165, 1.54) is 38.9 Å². The molecule has 1 fully saturated rings. The standard InChI is InChI=1S/C6H15N.C5H10O/c1-4-7(5-2)6-3;1-2-4-6-5-3-1/h4-6H2,1-3H3;1-5H2. The Balaban J connectivity index is 0.000000223. The topological polar surface area (TPSA) is 12.5 Å². The van der Waals surface area contributed by atoms with E-state index in [2.05, 4.69) is 25.7 Å². The van der Waals surface area contributed by atoms with Crippen molar-refractivity contribution >= 4 is 0 Å². The second kappa shape index (κ2) is 10.0. The average Bonchev–Trinajstić information content (AvgIpc) is 2.24. The van der Waals surface area contributed by atoms with E-state index >= 15 is 0 Å². The molecule has 1 saturated heterocycles. The maximum Gasteiger partial charge on any atom is 0.0466 e. The van der Waals surface area contributed by atoms with Gasteiger partial charge in [-0.1, -0.05) is 20.8 Å². The van der Waals surface area contributed by atoms with Crippen LogP contribution in [0.4, 0.5) is 0 Å². The Morgan fingerprint density at radius 3 is 1.38 bits per heavy atom. The van der Waals surface area contributed by atoms with Crippen molar-refractivity contribution in [2.24, 2.45) is 0 Å². The van der Waals surface area contributed by atoms with Crippen LogP contribution in [0.5, 0.6) is 0 Å². The summed E-state index contributed by atoms with van der Waals surface area (Å²) < 4.78 is 5.07. The minimum atomic E-state index is 1.00. The molecule has 1 heterocycles. The molecule has 0 amide bonds. The van der Waals surface area contributed by atoms with Crippen LogP contribution < -0.4 is 0 Å². The summed E-state index contributed by atoms with van der Waals surface area (Å²) in [6.45, 7) is 12.1. The summed E-state index contributed by atoms with van der Waals surface area (Å²) in [6.07, 6.45) is 3.93. The van der Waals surface area contributed by atoms with E-state index in [4.69, 9.17) is 4.74 Å². The Hall–Kier alpha value is -0.0800. The highest BCUT2D eigenvalue weighted by Gasteiger charge is 1.95. The summed E-state index contributed by atoms with van der Waals surface area (Å²) in [5, 5.41) is 0. The number of hydrogen-bond donors (Lipinski definition) is 0. The molecule has 1 aliphatic rings. The second-order valence-corrected chi connectivity index (χ2v) is 3.29. The van der Waals surface area contributed by atoms with Crippen molar-refractivity contribution in [2.45, 2.75) is 40.0 Å². The molecule has 80 valence electrons. The van der Waals surface area contributed by atoms with E-state index in [9.17, 15) is 0 Å². The van der Waals surface area contributed by atoms with Crippen LogP contribution in [0.2, 0.25) is 0 Å². The highest BCUT2D eigenvalue weighted by Crippen LogP contribution is 2.02. The summed E-state index contributed by atoms with van der Waals surface area (Å²) in [4.78, 5) is 2.38. The number of nitrogens with zero attached hydrogens (tertiary/aromatic N) is 1. The zero-order chi connectivity index (χ0) is 9.94. The van der Waals surface area contributed by atoms with Gasteiger partial charge in [0.15, 0.2) is 0 Å². The Bertz CT molecular complexity index is 71.1. The molecule has 0 aromatic carbocycles. The van der Waals surface area contributed by atoms with Crippen molar-refractivity contribution in [3.05, 3.63) is 0 Å². The van der Waals surface area contributed by atoms with Crippen molar-refractivity contribution in [2.75, 3.05) is 32.8 Å². The molecule has 1 aliphatic heterocycles. The highest BCUT2D eigenvalue weighted by molar-refractivity contribution is 4.45. The molecule has 13 heavy (non-hydrogen) atoms. The predicted octanol–water partition coefficient (Wildman–Crippen LogP) is 2.54. The molecule has 0 atom stereocenters. The molecule has 0 radical (unpaired) electrons. The minimum Gasteiger partial charge on any atom is -0.381 e. The Morgan fingerprint density at radius 1 is 0.846 bits per heavy atom. The first-order valence-electron chi connectivity index (χ1n) is 5.65. The molecule has 0 saturated carbocycles. The Labute approximate surface area is 83.3 Å². The molecule has 0 aliphatic carbocycles. The third-order valence-corrected chi connectivity index (χ3v) is 2.42. The summed E-state index contributed by atoms with van der Waals surface area (Å²) in [7, 11) is 0. The van der Waals surface area contributed by atoms with Gasteiger partial charge in [0, 0.05) is 13.2 Å². The van der Waals surface area contributed by atoms with Crippen LogP contribution in [-0.4, -0.2) is 37.7 Å². The fourth-order valence-electron chi connectivity index (χ4n) is 1.36.